The highest BCUT2D eigenvalue weighted by Crippen LogP contribution is 2.27. The van der Waals surface area contributed by atoms with E-state index in [1.165, 1.54) is 16.0 Å². The molecule has 4 rings (SSSR count). The predicted molar refractivity (Wildman–Crippen MR) is 132 cm³/mol. The lowest BCUT2D eigenvalue weighted by atomic mass is 10.1. The number of nitrogens with one attached hydrogen (secondary N) is 1. The van der Waals surface area contributed by atoms with Gasteiger partial charge in [0.15, 0.2) is 5.11 Å². The Kier molecular flexibility index (Phi) is 5.75. The summed E-state index contributed by atoms with van der Waals surface area (Å²) in [4.78, 5) is 27.2. The molecular weight excluding hydrogens is 442 g/mol. The number of carbonyl (C=O) groups excluding carboxylic acids is 2. The molecule has 5 nitrogen and oxygen atoms in total. The van der Waals surface area contributed by atoms with Crippen LogP contribution in [0.3, 0.4) is 0 Å². The minimum absolute atomic E-state index is 0.0129. The summed E-state index contributed by atoms with van der Waals surface area (Å²) in [6.45, 7) is 8.13. The van der Waals surface area contributed by atoms with Crippen LogP contribution in [0.2, 0.25) is 5.02 Å². The van der Waals surface area contributed by atoms with Crippen LogP contribution in [0.5, 0.6) is 0 Å². The molecule has 2 amide bonds. The Bertz CT molecular complexity index is 1320. The van der Waals surface area contributed by atoms with Gasteiger partial charge in [-0.25, -0.2) is 0 Å². The van der Waals surface area contributed by atoms with Crippen molar-refractivity contribution in [2.45, 2.75) is 27.7 Å². The summed E-state index contributed by atoms with van der Waals surface area (Å²) in [6, 6.07) is 15.0. The van der Waals surface area contributed by atoms with Gasteiger partial charge in [-0.15, -0.1) is 0 Å². The Hall–Kier alpha value is -3.22. The van der Waals surface area contributed by atoms with Crippen LogP contribution in [-0.2, 0) is 9.59 Å². The molecule has 162 valence electrons. The first-order valence-corrected chi connectivity index (χ1v) is 10.9. The number of aromatic nitrogens is 1. The first-order valence-electron chi connectivity index (χ1n) is 10.1. The van der Waals surface area contributed by atoms with E-state index >= 15 is 0 Å². The van der Waals surface area contributed by atoms with Gasteiger partial charge >= 0.3 is 0 Å². The fourth-order valence-corrected chi connectivity index (χ4v) is 4.32. The molecule has 1 aliphatic rings. The maximum Gasteiger partial charge on any atom is 0.270 e. The van der Waals surface area contributed by atoms with Crippen LogP contribution in [0.15, 0.2) is 54.1 Å². The average Bonchev–Trinajstić information content (AvgIpc) is 3.00. The number of rotatable bonds is 3. The van der Waals surface area contributed by atoms with Gasteiger partial charge in [-0.05, 0) is 99.1 Å². The number of hydrogen-bond acceptors (Lipinski definition) is 3. The summed E-state index contributed by atoms with van der Waals surface area (Å²) in [6.07, 6.45) is 1.62. The van der Waals surface area contributed by atoms with E-state index in [-0.39, 0.29) is 10.7 Å². The third-order valence-electron chi connectivity index (χ3n) is 5.69. The van der Waals surface area contributed by atoms with E-state index in [9.17, 15) is 9.59 Å². The number of thiocarbonyl (C=S) groups is 1. The van der Waals surface area contributed by atoms with Crippen molar-refractivity contribution in [2.24, 2.45) is 0 Å². The van der Waals surface area contributed by atoms with Crippen molar-refractivity contribution in [3.05, 3.63) is 87.2 Å². The largest absolute Gasteiger partial charge is 0.318 e. The number of nitrogens with zero attached hydrogens (tertiary/aromatic N) is 2. The Labute approximate surface area is 197 Å². The molecule has 1 fully saturated rings. The zero-order valence-corrected chi connectivity index (χ0v) is 19.8. The highest BCUT2D eigenvalue weighted by Gasteiger charge is 2.34. The van der Waals surface area contributed by atoms with Crippen molar-refractivity contribution in [3.8, 4) is 5.69 Å². The molecule has 0 spiro atoms. The van der Waals surface area contributed by atoms with E-state index in [1.54, 1.807) is 30.3 Å². The van der Waals surface area contributed by atoms with Crippen molar-refractivity contribution in [3.63, 3.8) is 0 Å². The fraction of sp³-hybridized carbons (Fsp3) is 0.160. The number of benzene rings is 2. The van der Waals surface area contributed by atoms with Gasteiger partial charge in [-0.3, -0.25) is 19.8 Å². The number of anilines is 1. The lowest BCUT2D eigenvalue weighted by molar-refractivity contribution is -0.122. The first-order chi connectivity index (χ1) is 15.2. The molecule has 2 heterocycles. The third kappa shape index (κ3) is 3.87. The van der Waals surface area contributed by atoms with Crippen molar-refractivity contribution in [2.75, 3.05) is 4.90 Å². The number of hydrogen-bond donors (Lipinski definition) is 1. The topological polar surface area (TPSA) is 54.3 Å². The number of carbonyl (C=O) groups is 2. The van der Waals surface area contributed by atoms with Gasteiger partial charge < -0.3 is 4.57 Å². The maximum atomic E-state index is 13.3. The monoisotopic (exact) mass is 463 g/mol. The Morgan fingerprint density at radius 3 is 2.38 bits per heavy atom. The standard InChI is InChI=1S/C25H22ClN3O2S/c1-14-8-9-21(10-15(14)2)28-16(3)11-18(17(28)4)12-22-23(30)27-25(32)29(24(22)31)20-7-5-6-19(26)13-20/h5-13H,1-4H3,(H,27,30,32)/b22-12+. The summed E-state index contributed by atoms with van der Waals surface area (Å²) in [5, 5.41) is 3.11. The quantitative estimate of drug-likeness (QED) is 0.330. The molecule has 0 radical (unpaired) electrons. The second-order valence-corrected chi connectivity index (χ2v) is 8.69. The van der Waals surface area contributed by atoms with E-state index < -0.39 is 11.8 Å². The molecule has 3 aromatic rings. The maximum absolute atomic E-state index is 13.3. The minimum atomic E-state index is -0.519. The van der Waals surface area contributed by atoms with Gasteiger partial charge in [0.2, 0.25) is 0 Å². The van der Waals surface area contributed by atoms with Crippen LogP contribution >= 0.6 is 23.8 Å². The molecule has 0 atom stereocenters. The Balaban J connectivity index is 1.77. The zero-order valence-electron chi connectivity index (χ0n) is 18.2. The first kappa shape index (κ1) is 22.0. The molecule has 7 heteroatoms. The summed E-state index contributed by atoms with van der Waals surface area (Å²) in [7, 11) is 0. The van der Waals surface area contributed by atoms with E-state index in [2.05, 4.69) is 41.9 Å². The molecule has 0 bridgehead atoms. The van der Waals surface area contributed by atoms with Crippen LogP contribution in [0.1, 0.15) is 28.1 Å². The lowest BCUT2D eigenvalue weighted by Crippen LogP contribution is -2.54. The molecule has 0 aliphatic carbocycles. The van der Waals surface area contributed by atoms with Gasteiger partial charge in [0.1, 0.15) is 5.57 Å². The van der Waals surface area contributed by atoms with E-state index in [1.807, 2.05) is 19.9 Å². The normalized spacial score (nSPS) is 15.5. The molecule has 1 saturated heterocycles. The Morgan fingerprint density at radius 1 is 0.938 bits per heavy atom. The molecule has 0 saturated carbocycles. The minimum Gasteiger partial charge on any atom is -0.318 e. The molecule has 1 N–H and O–H groups in total. The second kappa shape index (κ2) is 8.37. The van der Waals surface area contributed by atoms with Crippen LogP contribution in [0, 0.1) is 27.7 Å². The number of aryl methyl sites for hydroxylation is 3. The van der Waals surface area contributed by atoms with Crippen molar-refractivity contribution in [1.82, 2.24) is 9.88 Å². The van der Waals surface area contributed by atoms with Crippen LogP contribution in [0.4, 0.5) is 5.69 Å². The van der Waals surface area contributed by atoms with E-state index in [4.69, 9.17) is 23.8 Å². The van der Waals surface area contributed by atoms with Crippen LogP contribution in [-0.4, -0.2) is 21.5 Å². The summed E-state index contributed by atoms with van der Waals surface area (Å²) in [5.41, 5.74) is 6.69. The summed E-state index contributed by atoms with van der Waals surface area (Å²) in [5.74, 6) is -1.01. The second-order valence-electron chi connectivity index (χ2n) is 7.87. The van der Waals surface area contributed by atoms with Gasteiger partial charge in [0.25, 0.3) is 11.8 Å². The van der Waals surface area contributed by atoms with E-state index in [0.717, 1.165) is 22.6 Å². The van der Waals surface area contributed by atoms with Crippen molar-refractivity contribution >= 4 is 52.5 Å². The number of amides is 2. The summed E-state index contributed by atoms with van der Waals surface area (Å²) >= 11 is 11.3. The number of halogens is 1. The molecule has 1 aliphatic heterocycles. The smallest absolute Gasteiger partial charge is 0.270 e. The van der Waals surface area contributed by atoms with Gasteiger partial charge in [0, 0.05) is 22.1 Å². The van der Waals surface area contributed by atoms with Gasteiger partial charge in [0.05, 0.1) is 5.69 Å². The molecule has 32 heavy (non-hydrogen) atoms. The van der Waals surface area contributed by atoms with Crippen molar-refractivity contribution in [1.29, 1.82) is 0 Å². The van der Waals surface area contributed by atoms with Gasteiger partial charge in [-0.2, -0.15) is 0 Å². The molecular formula is C25H22ClN3O2S. The Morgan fingerprint density at radius 2 is 1.69 bits per heavy atom. The predicted octanol–water partition coefficient (Wildman–Crippen LogP) is 5.20. The molecule has 2 aromatic carbocycles. The summed E-state index contributed by atoms with van der Waals surface area (Å²) < 4.78 is 2.11. The highest BCUT2D eigenvalue weighted by molar-refractivity contribution is 7.80. The lowest BCUT2D eigenvalue weighted by Gasteiger charge is -2.29. The van der Waals surface area contributed by atoms with Crippen LogP contribution < -0.4 is 10.2 Å². The highest BCUT2D eigenvalue weighted by atomic mass is 35.5. The van der Waals surface area contributed by atoms with Gasteiger partial charge in [-0.1, -0.05) is 23.7 Å². The SMILES string of the molecule is Cc1ccc(-n2c(C)cc(/C=C3\C(=O)NC(=S)N(c4cccc(Cl)c4)C3=O)c2C)cc1C. The third-order valence-corrected chi connectivity index (χ3v) is 6.21. The van der Waals surface area contributed by atoms with Crippen molar-refractivity contribution < 1.29 is 9.59 Å². The zero-order chi connectivity index (χ0) is 23.2. The molecule has 0 unspecified atom stereocenters. The van der Waals surface area contributed by atoms with Crippen LogP contribution in [0.25, 0.3) is 11.8 Å². The average molecular weight is 464 g/mol. The fourth-order valence-electron chi connectivity index (χ4n) is 3.86. The molecule has 1 aromatic heterocycles. The van der Waals surface area contributed by atoms with E-state index in [0.29, 0.717) is 10.7 Å².